The van der Waals surface area contributed by atoms with Gasteiger partial charge >= 0.3 is 0 Å². The molecule has 124 valence electrons. The zero-order valence-corrected chi connectivity index (χ0v) is 13.5. The van der Waals surface area contributed by atoms with Gasteiger partial charge in [0.05, 0.1) is 12.0 Å². The van der Waals surface area contributed by atoms with Gasteiger partial charge in [0.15, 0.2) is 5.76 Å². The Kier molecular flexibility index (Phi) is 3.05. The first-order valence-corrected chi connectivity index (χ1v) is 8.38. The van der Waals surface area contributed by atoms with Gasteiger partial charge in [-0.05, 0) is 44.0 Å². The number of rotatable bonds is 2. The van der Waals surface area contributed by atoms with Crippen molar-refractivity contribution in [1.29, 1.82) is 0 Å². The molecule has 0 unspecified atom stereocenters. The fourth-order valence-corrected chi connectivity index (χ4v) is 3.95. The number of fused-ring (bicyclic) bond motifs is 2. The standard InChI is InChI=1S/C18H19N3O3/c1-11-2-3-14-12(6-11)7-15(23-14)16-20-17(24-21-16)18-9-19-8-13(18)4-5-22-10-18/h2-3,6-7,13,19H,4-5,8-10H2,1H3/t13-,18+/m1/s1. The van der Waals surface area contributed by atoms with E-state index in [4.69, 9.17) is 13.7 Å². The summed E-state index contributed by atoms with van der Waals surface area (Å²) in [5.74, 6) is 2.28. The van der Waals surface area contributed by atoms with Crippen LogP contribution in [0.15, 0.2) is 33.2 Å². The molecule has 2 aliphatic heterocycles. The second-order valence-electron chi connectivity index (χ2n) is 6.90. The van der Waals surface area contributed by atoms with Crippen LogP contribution in [0, 0.1) is 12.8 Å². The Hall–Kier alpha value is -2.18. The van der Waals surface area contributed by atoms with E-state index in [9.17, 15) is 0 Å². The Bertz CT molecular complexity index is 900. The summed E-state index contributed by atoms with van der Waals surface area (Å²) in [5.41, 5.74) is 1.83. The quantitative estimate of drug-likeness (QED) is 0.781. The molecule has 1 aromatic carbocycles. The van der Waals surface area contributed by atoms with E-state index in [1.165, 1.54) is 5.56 Å². The Morgan fingerprint density at radius 2 is 2.25 bits per heavy atom. The molecule has 2 saturated heterocycles. The highest BCUT2D eigenvalue weighted by Crippen LogP contribution is 2.40. The molecule has 2 aliphatic rings. The van der Waals surface area contributed by atoms with Crippen molar-refractivity contribution in [3.8, 4) is 11.6 Å². The summed E-state index contributed by atoms with van der Waals surface area (Å²) in [4.78, 5) is 4.66. The maximum Gasteiger partial charge on any atom is 0.238 e. The minimum Gasteiger partial charge on any atom is -0.453 e. The van der Waals surface area contributed by atoms with Gasteiger partial charge in [0, 0.05) is 18.5 Å². The largest absolute Gasteiger partial charge is 0.453 e. The number of hydrogen-bond acceptors (Lipinski definition) is 6. The SMILES string of the molecule is Cc1ccc2oc(-c3noc([C@]45CNC[C@H]4CCOC5)n3)cc2c1. The minimum atomic E-state index is -0.202. The van der Waals surface area contributed by atoms with E-state index in [1.807, 2.05) is 18.2 Å². The number of nitrogens with zero attached hydrogens (tertiary/aromatic N) is 2. The first-order valence-electron chi connectivity index (χ1n) is 8.38. The first-order chi connectivity index (χ1) is 11.7. The second kappa shape index (κ2) is 5.16. The maximum atomic E-state index is 5.89. The van der Waals surface area contributed by atoms with Crippen LogP contribution in [0.2, 0.25) is 0 Å². The fourth-order valence-electron chi connectivity index (χ4n) is 3.95. The highest BCUT2D eigenvalue weighted by Gasteiger charge is 2.50. The predicted octanol–water partition coefficient (Wildman–Crippen LogP) is 2.67. The molecule has 2 atom stereocenters. The highest BCUT2D eigenvalue weighted by atomic mass is 16.5. The lowest BCUT2D eigenvalue weighted by Crippen LogP contribution is -2.44. The van der Waals surface area contributed by atoms with Crippen LogP contribution in [0.5, 0.6) is 0 Å². The van der Waals surface area contributed by atoms with Crippen molar-refractivity contribution in [2.45, 2.75) is 18.8 Å². The van der Waals surface area contributed by atoms with Crippen molar-refractivity contribution in [3.05, 3.63) is 35.7 Å². The number of aromatic nitrogens is 2. The number of nitrogens with one attached hydrogen (secondary N) is 1. The van der Waals surface area contributed by atoms with Gasteiger partial charge in [-0.3, -0.25) is 0 Å². The molecular formula is C18H19N3O3. The van der Waals surface area contributed by atoms with Crippen molar-refractivity contribution in [1.82, 2.24) is 15.5 Å². The van der Waals surface area contributed by atoms with Crippen molar-refractivity contribution < 1.29 is 13.7 Å². The van der Waals surface area contributed by atoms with Crippen molar-refractivity contribution in [3.63, 3.8) is 0 Å². The average Bonchev–Trinajstić information content (AvgIpc) is 3.31. The maximum absolute atomic E-state index is 5.89. The van der Waals surface area contributed by atoms with E-state index >= 15 is 0 Å². The summed E-state index contributed by atoms with van der Waals surface area (Å²) >= 11 is 0. The lowest BCUT2D eigenvalue weighted by atomic mass is 9.75. The van der Waals surface area contributed by atoms with E-state index in [2.05, 4.69) is 28.4 Å². The third kappa shape index (κ3) is 2.03. The van der Waals surface area contributed by atoms with Crippen LogP contribution in [-0.4, -0.2) is 36.4 Å². The fraction of sp³-hybridized carbons (Fsp3) is 0.444. The third-order valence-electron chi connectivity index (χ3n) is 5.33. The van der Waals surface area contributed by atoms with Crippen LogP contribution in [0.1, 0.15) is 17.9 Å². The molecule has 2 aromatic heterocycles. The summed E-state index contributed by atoms with van der Waals surface area (Å²) < 4.78 is 17.3. The number of furan rings is 1. The monoisotopic (exact) mass is 325 g/mol. The summed E-state index contributed by atoms with van der Waals surface area (Å²) in [7, 11) is 0. The summed E-state index contributed by atoms with van der Waals surface area (Å²) in [6.07, 6.45) is 1.02. The molecule has 0 radical (unpaired) electrons. The Balaban J connectivity index is 1.54. The topological polar surface area (TPSA) is 73.3 Å². The Morgan fingerprint density at radius 3 is 3.21 bits per heavy atom. The van der Waals surface area contributed by atoms with Gasteiger partial charge in [-0.1, -0.05) is 16.8 Å². The Morgan fingerprint density at radius 1 is 1.29 bits per heavy atom. The van der Waals surface area contributed by atoms with E-state index in [-0.39, 0.29) is 5.41 Å². The van der Waals surface area contributed by atoms with Gasteiger partial charge in [-0.2, -0.15) is 4.98 Å². The number of aryl methyl sites for hydroxylation is 1. The van der Waals surface area contributed by atoms with Crippen molar-refractivity contribution >= 4 is 11.0 Å². The lowest BCUT2D eigenvalue weighted by molar-refractivity contribution is 0.00198. The highest BCUT2D eigenvalue weighted by molar-refractivity contribution is 5.82. The van der Waals surface area contributed by atoms with E-state index in [0.717, 1.165) is 37.1 Å². The Labute approximate surface area is 139 Å². The average molecular weight is 325 g/mol. The number of hydrogen-bond donors (Lipinski definition) is 1. The van der Waals surface area contributed by atoms with Crippen LogP contribution in [0.4, 0.5) is 0 Å². The molecule has 2 fully saturated rings. The second-order valence-corrected chi connectivity index (χ2v) is 6.90. The van der Waals surface area contributed by atoms with Crippen LogP contribution in [0.25, 0.3) is 22.6 Å². The number of ether oxygens (including phenoxy) is 1. The number of benzene rings is 1. The zero-order chi connectivity index (χ0) is 16.1. The molecule has 6 heteroatoms. The van der Waals surface area contributed by atoms with Gasteiger partial charge < -0.3 is 19.0 Å². The molecule has 4 heterocycles. The van der Waals surface area contributed by atoms with Gasteiger partial charge in [0.1, 0.15) is 5.58 Å². The van der Waals surface area contributed by atoms with Crippen LogP contribution in [-0.2, 0) is 10.2 Å². The summed E-state index contributed by atoms with van der Waals surface area (Å²) in [6, 6.07) is 8.06. The molecule has 6 nitrogen and oxygen atoms in total. The molecule has 0 spiro atoms. The molecule has 0 bridgehead atoms. The lowest BCUT2D eigenvalue weighted by Gasteiger charge is -2.34. The predicted molar refractivity (Wildman–Crippen MR) is 87.7 cm³/mol. The molecule has 24 heavy (non-hydrogen) atoms. The van der Waals surface area contributed by atoms with Gasteiger partial charge in [0.25, 0.3) is 0 Å². The van der Waals surface area contributed by atoms with E-state index in [0.29, 0.717) is 30.0 Å². The van der Waals surface area contributed by atoms with Gasteiger partial charge in [-0.15, -0.1) is 0 Å². The molecule has 0 amide bonds. The van der Waals surface area contributed by atoms with Gasteiger partial charge in [-0.25, -0.2) is 0 Å². The van der Waals surface area contributed by atoms with E-state index < -0.39 is 0 Å². The zero-order valence-electron chi connectivity index (χ0n) is 13.5. The first kappa shape index (κ1) is 14.2. The van der Waals surface area contributed by atoms with Crippen molar-refractivity contribution in [2.24, 2.45) is 5.92 Å². The third-order valence-corrected chi connectivity index (χ3v) is 5.33. The molecule has 0 aliphatic carbocycles. The molecular weight excluding hydrogens is 306 g/mol. The molecule has 1 N–H and O–H groups in total. The normalized spacial score (nSPS) is 26.8. The minimum absolute atomic E-state index is 0.202. The molecule has 3 aromatic rings. The van der Waals surface area contributed by atoms with Crippen LogP contribution in [0.3, 0.4) is 0 Å². The van der Waals surface area contributed by atoms with E-state index in [1.54, 1.807) is 0 Å². The molecule has 5 rings (SSSR count). The summed E-state index contributed by atoms with van der Waals surface area (Å²) in [5, 5.41) is 8.67. The smallest absolute Gasteiger partial charge is 0.238 e. The summed E-state index contributed by atoms with van der Waals surface area (Å²) in [6.45, 7) is 5.29. The van der Waals surface area contributed by atoms with Crippen molar-refractivity contribution in [2.75, 3.05) is 26.3 Å². The van der Waals surface area contributed by atoms with Crippen LogP contribution < -0.4 is 5.32 Å². The van der Waals surface area contributed by atoms with Crippen LogP contribution >= 0.6 is 0 Å². The molecule has 0 saturated carbocycles. The van der Waals surface area contributed by atoms with Gasteiger partial charge in [0.2, 0.25) is 11.7 Å².